The van der Waals surface area contributed by atoms with Crippen LogP contribution in [-0.2, 0) is 26.2 Å². The second-order valence-corrected chi connectivity index (χ2v) is 7.18. The van der Waals surface area contributed by atoms with Gasteiger partial charge in [0.15, 0.2) is 12.4 Å². The van der Waals surface area contributed by atoms with Crippen molar-refractivity contribution in [3.05, 3.63) is 59.7 Å². The smallest absolute Gasteiger partial charge is 0.542 e. The van der Waals surface area contributed by atoms with Crippen LogP contribution in [0.2, 0.25) is 0 Å². The van der Waals surface area contributed by atoms with E-state index in [1.54, 1.807) is 24.3 Å². The molecule has 2 aromatic carbocycles. The van der Waals surface area contributed by atoms with E-state index in [4.69, 9.17) is 4.74 Å². The molecule has 0 radical (unpaired) electrons. The molecule has 0 fully saturated rings. The van der Waals surface area contributed by atoms with Crippen molar-refractivity contribution in [2.24, 2.45) is 0 Å². The number of Topliss-reactive ketones (excluding diaryl/α,β-unsaturated/α-hetero) is 1. The first-order valence-corrected chi connectivity index (χ1v) is 9.07. The molecule has 0 aliphatic carbocycles. The Morgan fingerprint density at radius 1 is 1.00 bits per heavy atom. The first kappa shape index (κ1) is 25.5. The maximum atomic E-state index is 12.0. The summed E-state index contributed by atoms with van der Waals surface area (Å²) in [7, 11) is 0. The molecule has 6 nitrogen and oxygen atoms in total. The SMILES string of the molecule is CCC(C)(C)c1ccc(OCC(=O)Nc2ccc(CC(=O)C(=O)[O-])cc2)cc1.[K+]. The van der Waals surface area contributed by atoms with E-state index < -0.39 is 11.8 Å². The molecular weight excluding hydrogens is 397 g/mol. The van der Waals surface area contributed by atoms with Crippen LogP contribution in [0.25, 0.3) is 0 Å². The minimum Gasteiger partial charge on any atom is -0.542 e. The number of carboxylic acids is 1. The number of carboxylic acid groups (broad SMARTS) is 1. The first-order valence-electron chi connectivity index (χ1n) is 9.07. The van der Waals surface area contributed by atoms with E-state index in [-0.39, 0.29) is 75.7 Å². The van der Waals surface area contributed by atoms with Gasteiger partial charge in [-0.25, -0.2) is 0 Å². The van der Waals surface area contributed by atoms with Gasteiger partial charge in [-0.3, -0.25) is 9.59 Å². The monoisotopic (exact) mass is 421 g/mol. The van der Waals surface area contributed by atoms with Crippen molar-refractivity contribution in [1.82, 2.24) is 0 Å². The van der Waals surface area contributed by atoms with Crippen LogP contribution in [0.5, 0.6) is 5.75 Å². The van der Waals surface area contributed by atoms with E-state index in [0.717, 1.165) is 6.42 Å². The Morgan fingerprint density at radius 3 is 2.10 bits per heavy atom. The number of carbonyl (C=O) groups excluding carboxylic acids is 3. The number of benzene rings is 2. The van der Waals surface area contributed by atoms with E-state index in [0.29, 0.717) is 17.0 Å². The van der Waals surface area contributed by atoms with Gasteiger partial charge in [0.1, 0.15) is 11.7 Å². The molecule has 29 heavy (non-hydrogen) atoms. The Bertz CT molecular complexity index is 845. The Hall–Kier alpha value is -1.51. The fourth-order valence-electron chi connectivity index (χ4n) is 2.52. The van der Waals surface area contributed by atoms with Gasteiger partial charge in [-0.2, -0.15) is 0 Å². The summed E-state index contributed by atoms with van der Waals surface area (Å²) in [6, 6.07) is 14.0. The summed E-state index contributed by atoms with van der Waals surface area (Å²) in [6.07, 6.45) is 0.778. The number of hydrogen-bond acceptors (Lipinski definition) is 5. The predicted octanol–water partition coefficient (Wildman–Crippen LogP) is -0.743. The quantitative estimate of drug-likeness (QED) is 0.425. The number of nitrogens with one attached hydrogen (secondary N) is 1. The van der Waals surface area contributed by atoms with E-state index in [2.05, 4.69) is 26.1 Å². The van der Waals surface area contributed by atoms with Crippen LogP contribution >= 0.6 is 0 Å². The standard InChI is InChI=1S/C22H25NO5.K/c1-4-22(2,3)16-7-11-18(12-8-16)28-14-20(25)23-17-9-5-15(6-10-17)13-19(24)21(26)27;/h5-12H,4,13-14H2,1-3H3,(H,23,25)(H,26,27);/q;+1/p-1. The molecule has 0 heterocycles. The van der Waals surface area contributed by atoms with E-state index >= 15 is 0 Å². The predicted molar refractivity (Wildman–Crippen MR) is 104 cm³/mol. The third-order valence-electron chi connectivity index (χ3n) is 4.72. The number of aliphatic carboxylic acids is 1. The summed E-state index contributed by atoms with van der Waals surface area (Å²) in [4.78, 5) is 33.6. The molecule has 2 aromatic rings. The van der Waals surface area contributed by atoms with Crippen LogP contribution in [0.4, 0.5) is 5.69 Å². The molecule has 0 saturated carbocycles. The van der Waals surface area contributed by atoms with Crippen LogP contribution < -0.4 is 66.5 Å². The summed E-state index contributed by atoms with van der Waals surface area (Å²) < 4.78 is 5.52. The van der Waals surface area contributed by atoms with Crippen LogP contribution in [-0.4, -0.2) is 24.3 Å². The molecule has 0 aliphatic rings. The largest absolute Gasteiger partial charge is 1.00 e. The maximum Gasteiger partial charge on any atom is 1.00 e. The van der Waals surface area contributed by atoms with Gasteiger partial charge in [0.05, 0.1) is 0 Å². The third kappa shape index (κ3) is 8.02. The van der Waals surface area contributed by atoms with Crippen LogP contribution in [0.1, 0.15) is 38.3 Å². The number of rotatable bonds is 9. The van der Waals surface area contributed by atoms with Gasteiger partial charge < -0.3 is 20.0 Å². The number of amides is 1. The zero-order valence-electron chi connectivity index (χ0n) is 17.3. The van der Waals surface area contributed by atoms with Gasteiger partial charge in [0, 0.05) is 12.1 Å². The summed E-state index contributed by atoms with van der Waals surface area (Å²) in [6.45, 7) is 6.36. The molecule has 0 aliphatic heterocycles. The Labute approximate surface area is 213 Å². The van der Waals surface area contributed by atoms with Gasteiger partial charge in [0.2, 0.25) is 0 Å². The van der Waals surface area contributed by atoms with Crippen molar-refractivity contribution >= 4 is 23.3 Å². The molecule has 7 heteroatoms. The number of carbonyl (C=O) groups is 3. The van der Waals surface area contributed by atoms with Crippen molar-refractivity contribution in [2.45, 2.75) is 39.0 Å². The molecule has 0 aromatic heterocycles. The topological polar surface area (TPSA) is 95.5 Å². The molecule has 2 rings (SSSR count). The van der Waals surface area contributed by atoms with Gasteiger partial charge in [-0.05, 0) is 47.2 Å². The summed E-state index contributed by atoms with van der Waals surface area (Å²) in [5.41, 5.74) is 2.36. The second kappa shape index (κ2) is 11.6. The summed E-state index contributed by atoms with van der Waals surface area (Å²) in [5.74, 6) is -2.40. The Kier molecular flexibility index (Phi) is 10.2. The molecule has 0 spiro atoms. The van der Waals surface area contributed by atoms with E-state index in [9.17, 15) is 19.5 Å². The average Bonchev–Trinajstić information content (AvgIpc) is 2.68. The molecule has 1 amide bonds. The fraction of sp³-hybridized carbons (Fsp3) is 0.318. The summed E-state index contributed by atoms with van der Waals surface area (Å²) >= 11 is 0. The molecular formula is C22H24KNO5. The summed E-state index contributed by atoms with van der Waals surface area (Å²) in [5, 5.41) is 13.1. The van der Waals surface area contributed by atoms with E-state index in [1.165, 1.54) is 5.56 Å². The normalized spacial score (nSPS) is 10.6. The average molecular weight is 422 g/mol. The van der Waals surface area contributed by atoms with Crippen molar-refractivity contribution in [1.29, 1.82) is 0 Å². The molecule has 0 saturated heterocycles. The van der Waals surface area contributed by atoms with Gasteiger partial charge in [-0.1, -0.05) is 45.0 Å². The molecule has 0 atom stereocenters. The van der Waals surface area contributed by atoms with Crippen LogP contribution in [0.3, 0.4) is 0 Å². The molecule has 148 valence electrons. The van der Waals surface area contributed by atoms with Crippen molar-refractivity contribution < 1.29 is 75.6 Å². The third-order valence-corrected chi connectivity index (χ3v) is 4.72. The maximum absolute atomic E-state index is 12.0. The number of hydrogen-bond donors (Lipinski definition) is 1. The van der Waals surface area contributed by atoms with Gasteiger partial charge in [-0.15, -0.1) is 0 Å². The minimum atomic E-state index is -1.71. The number of ketones is 1. The molecule has 0 bridgehead atoms. The Morgan fingerprint density at radius 2 is 1.59 bits per heavy atom. The first-order chi connectivity index (χ1) is 13.2. The Balaban J connectivity index is 0.00000420. The molecule has 1 N–H and O–H groups in total. The number of ether oxygens (including phenoxy) is 1. The zero-order valence-corrected chi connectivity index (χ0v) is 20.4. The van der Waals surface area contributed by atoms with Crippen molar-refractivity contribution in [2.75, 3.05) is 11.9 Å². The van der Waals surface area contributed by atoms with Gasteiger partial charge in [0.25, 0.3) is 5.91 Å². The molecule has 0 unspecified atom stereocenters. The van der Waals surface area contributed by atoms with Crippen LogP contribution in [0.15, 0.2) is 48.5 Å². The second-order valence-electron chi connectivity index (χ2n) is 7.18. The van der Waals surface area contributed by atoms with Gasteiger partial charge >= 0.3 is 51.4 Å². The van der Waals surface area contributed by atoms with Crippen molar-refractivity contribution in [3.8, 4) is 5.75 Å². The number of anilines is 1. The fourth-order valence-corrected chi connectivity index (χ4v) is 2.52. The van der Waals surface area contributed by atoms with Crippen LogP contribution in [0, 0.1) is 0 Å². The zero-order chi connectivity index (χ0) is 20.7. The van der Waals surface area contributed by atoms with Crippen molar-refractivity contribution in [3.63, 3.8) is 0 Å². The van der Waals surface area contributed by atoms with E-state index in [1.807, 2.05) is 24.3 Å². The minimum absolute atomic E-state index is 0.